The highest BCUT2D eigenvalue weighted by atomic mass is 16.5. The predicted octanol–water partition coefficient (Wildman–Crippen LogP) is 0.654. The van der Waals surface area contributed by atoms with Gasteiger partial charge in [-0.2, -0.15) is 0 Å². The number of rotatable bonds is 5. The minimum Gasteiger partial charge on any atom is -0.493 e. The van der Waals surface area contributed by atoms with E-state index in [2.05, 4.69) is 5.32 Å². The quantitative estimate of drug-likeness (QED) is 0.717. The van der Waals surface area contributed by atoms with Crippen LogP contribution in [0, 0.1) is 0 Å². The van der Waals surface area contributed by atoms with Crippen molar-refractivity contribution in [2.75, 3.05) is 26.1 Å². The van der Waals surface area contributed by atoms with Crippen molar-refractivity contribution >= 4 is 11.6 Å². The summed E-state index contributed by atoms with van der Waals surface area (Å²) < 4.78 is 10.3. The van der Waals surface area contributed by atoms with Gasteiger partial charge in [-0.15, -0.1) is 0 Å². The van der Waals surface area contributed by atoms with Crippen molar-refractivity contribution in [3.05, 3.63) is 17.7 Å². The fourth-order valence-electron chi connectivity index (χ4n) is 1.60. The molecule has 1 atom stereocenters. The van der Waals surface area contributed by atoms with Gasteiger partial charge in [0, 0.05) is 18.7 Å². The van der Waals surface area contributed by atoms with Gasteiger partial charge in [0.15, 0.2) is 11.5 Å². The maximum absolute atomic E-state index is 11.1. The zero-order chi connectivity index (χ0) is 13.7. The molecule has 0 unspecified atom stereocenters. The van der Waals surface area contributed by atoms with Gasteiger partial charge in [0.05, 0.1) is 26.9 Å². The lowest BCUT2D eigenvalue weighted by Gasteiger charge is -2.18. The Labute approximate surface area is 106 Å². The van der Waals surface area contributed by atoms with E-state index in [0.29, 0.717) is 22.7 Å². The third-order valence-electron chi connectivity index (χ3n) is 2.46. The second-order valence-corrected chi connectivity index (χ2v) is 3.76. The Bertz CT molecular complexity index is 434. The average Bonchev–Trinajstić information content (AvgIpc) is 2.36. The normalized spacial score (nSPS) is 11.8. The lowest BCUT2D eigenvalue weighted by Crippen LogP contribution is -2.18. The molecule has 0 aliphatic heterocycles. The molecule has 1 aromatic carbocycles. The molecule has 0 fully saturated rings. The van der Waals surface area contributed by atoms with Gasteiger partial charge in [-0.3, -0.25) is 4.79 Å². The second kappa shape index (κ2) is 6.23. The molecule has 0 radical (unpaired) electrons. The average molecular weight is 254 g/mol. The zero-order valence-electron chi connectivity index (χ0n) is 10.7. The number of ether oxygens (including phenoxy) is 2. The Balaban J connectivity index is 3.30. The Hall–Kier alpha value is -1.79. The Morgan fingerprint density at radius 2 is 1.94 bits per heavy atom. The van der Waals surface area contributed by atoms with Crippen LogP contribution in [-0.2, 0) is 4.79 Å². The second-order valence-electron chi connectivity index (χ2n) is 3.76. The minimum absolute atomic E-state index is 0.228. The summed E-state index contributed by atoms with van der Waals surface area (Å²) in [6.45, 7) is 1.16. The third kappa shape index (κ3) is 3.12. The Morgan fingerprint density at radius 1 is 1.39 bits per heavy atom. The first-order chi connectivity index (χ1) is 8.53. The van der Waals surface area contributed by atoms with E-state index in [1.807, 2.05) is 0 Å². The molecule has 0 aliphatic rings. The molecule has 6 heteroatoms. The topological polar surface area (TPSA) is 93.8 Å². The summed E-state index contributed by atoms with van der Waals surface area (Å²) in [5, 5.41) is 11.8. The molecule has 0 aliphatic carbocycles. The fourth-order valence-corrected chi connectivity index (χ4v) is 1.60. The van der Waals surface area contributed by atoms with Crippen molar-refractivity contribution in [3.63, 3.8) is 0 Å². The zero-order valence-corrected chi connectivity index (χ0v) is 10.7. The number of hydrogen-bond acceptors (Lipinski definition) is 5. The van der Waals surface area contributed by atoms with Crippen molar-refractivity contribution in [1.29, 1.82) is 0 Å². The van der Waals surface area contributed by atoms with Crippen molar-refractivity contribution < 1.29 is 19.4 Å². The number of methoxy groups -OCH3 is 2. The number of hydrogen-bond donors (Lipinski definition) is 3. The van der Waals surface area contributed by atoms with Crippen LogP contribution >= 0.6 is 0 Å². The fraction of sp³-hybridized carbons (Fsp3) is 0.417. The molecule has 1 aromatic rings. The van der Waals surface area contributed by atoms with Gasteiger partial charge in [-0.25, -0.2) is 0 Å². The maximum atomic E-state index is 11.1. The Morgan fingerprint density at radius 3 is 2.39 bits per heavy atom. The number of carbonyl (C=O) groups is 1. The van der Waals surface area contributed by atoms with E-state index in [1.54, 1.807) is 12.1 Å². The number of amides is 1. The first-order valence-corrected chi connectivity index (χ1v) is 5.43. The van der Waals surface area contributed by atoms with E-state index in [9.17, 15) is 4.79 Å². The highest BCUT2D eigenvalue weighted by Crippen LogP contribution is 2.35. The maximum Gasteiger partial charge on any atom is 0.221 e. The molecule has 100 valence electrons. The van der Waals surface area contributed by atoms with Crippen LogP contribution in [0.4, 0.5) is 5.69 Å². The standard InChI is InChI=1S/C12H18N2O4/c1-7(16)14-10-5-12(18-3)11(17-2)4-8(10)9(13)6-15/h4-5,9,15H,6,13H2,1-3H3,(H,14,16)/t9-/m0/s1. The highest BCUT2D eigenvalue weighted by molar-refractivity contribution is 5.90. The molecule has 0 saturated carbocycles. The monoisotopic (exact) mass is 254 g/mol. The molecule has 18 heavy (non-hydrogen) atoms. The van der Waals surface area contributed by atoms with Crippen LogP contribution in [0.5, 0.6) is 11.5 Å². The van der Waals surface area contributed by atoms with Crippen molar-refractivity contribution in [2.24, 2.45) is 5.73 Å². The molecule has 0 bridgehead atoms. The SMILES string of the molecule is COc1cc(NC(C)=O)c([C@@H](N)CO)cc1OC. The van der Waals surface area contributed by atoms with E-state index in [1.165, 1.54) is 21.1 Å². The molecule has 6 nitrogen and oxygen atoms in total. The lowest BCUT2D eigenvalue weighted by atomic mass is 10.0. The number of aliphatic hydroxyl groups excluding tert-OH is 1. The summed E-state index contributed by atoms with van der Waals surface area (Å²) in [7, 11) is 3.01. The van der Waals surface area contributed by atoms with Gasteiger partial charge in [0.1, 0.15) is 0 Å². The van der Waals surface area contributed by atoms with Crippen molar-refractivity contribution in [1.82, 2.24) is 0 Å². The Kier molecular flexibility index (Phi) is 4.94. The van der Waals surface area contributed by atoms with E-state index in [4.69, 9.17) is 20.3 Å². The van der Waals surface area contributed by atoms with Gasteiger partial charge >= 0.3 is 0 Å². The third-order valence-corrected chi connectivity index (χ3v) is 2.46. The summed E-state index contributed by atoms with van der Waals surface area (Å²) >= 11 is 0. The van der Waals surface area contributed by atoms with Crippen LogP contribution < -0.4 is 20.5 Å². The van der Waals surface area contributed by atoms with E-state index in [-0.39, 0.29) is 12.5 Å². The molecular formula is C12H18N2O4. The number of aliphatic hydroxyl groups is 1. The minimum atomic E-state index is -0.605. The van der Waals surface area contributed by atoms with Gasteiger partial charge in [-0.1, -0.05) is 0 Å². The first-order valence-electron chi connectivity index (χ1n) is 5.43. The first kappa shape index (κ1) is 14.3. The highest BCUT2D eigenvalue weighted by Gasteiger charge is 2.16. The summed E-state index contributed by atoms with van der Waals surface area (Å²) in [4.78, 5) is 11.1. The van der Waals surface area contributed by atoms with Gasteiger partial charge in [-0.05, 0) is 11.6 Å². The molecule has 0 heterocycles. The van der Waals surface area contributed by atoms with Crippen LogP contribution in [0.3, 0.4) is 0 Å². The summed E-state index contributed by atoms with van der Waals surface area (Å²) in [5.74, 6) is 0.745. The summed E-state index contributed by atoms with van der Waals surface area (Å²) in [5.41, 5.74) is 6.88. The van der Waals surface area contributed by atoms with Crippen LogP contribution in [0.2, 0.25) is 0 Å². The van der Waals surface area contributed by atoms with Crippen LogP contribution in [0.25, 0.3) is 0 Å². The molecule has 1 rings (SSSR count). The van der Waals surface area contributed by atoms with Crippen LogP contribution in [-0.4, -0.2) is 31.8 Å². The number of benzene rings is 1. The number of nitrogens with one attached hydrogen (secondary N) is 1. The molecule has 0 aromatic heterocycles. The summed E-state index contributed by atoms with van der Waals surface area (Å²) in [6, 6.07) is 2.66. The van der Waals surface area contributed by atoms with Gasteiger partial charge in [0.25, 0.3) is 0 Å². The van der Waals surface area contributed by atoms with Gasteiger partial charge in [0.2, 0.25) is 5.91 Å². The number of anilines is 1. The molecule has 0 saturated heterocycles. The molecule has 1 amide bonds. The van der Waals surface area contributed by atoms with Crippen LogP contribution in [0.15, 0.2) is 12.1 Å². The smallest absolute Gasteiger partial charge is 0.221 e. The number of nitrogens with two attached hydrogens (primary N) is 1. The van der Waals surface area contributed by atoms with E-state index in [0.717, 1.165) is 0 Å². The van der Waals surface area contributed by atoms with Gasteiger partial charge < -0.3 is 25.6 Å². The van der Waals surface area contributed by atoms with E-state index < -0.39 is 6.04 Å². The molecule has 0 spiro atoms. The number of carbonyl (C=O) groups excluding carboxylic acids is 1. The largest absolute Gasteiger partial charge is 0.493 e. The molecule has 4 N–H and O–H groups in total. The predicted molar refractivity (Wildman–Crippen MR) is 67.9 cm³/mol. The van der Waals surface area contributed by atoms with E-state index >= 15 is 0 Å². The molecular weight excluding hydrogens is 236 g/mol. The van der Waals surface area contributed by atoms with Crippen molar-refractivity contribution in [3.8, 4) is 11.5 Å². The lowest BCUT2D eigenvalue weighted by molar-refractivity contribution is -0.114. The van der Waals surface area contributed by atoms with Crippen LogP contribution in [0.1, 0.15) is 18.5 Å². The summed E-state index contributed by atoms with van der Waals surface area (Å²) in [6.07, 6.45) is 0. The van der Waals surface area contributed by atoms with Crippen molar-refractivity contribution in [2.45, 2.75) is 13.0 Å².